The number of rotatable bonds is 2. The normalized spacial score (nSPS) is 53.8. The molecule has 5 aliphatic carbocycles. The molecule has 3 N–H and O–H groups in total. The quantitative estimate of drug-likeness (QED) is 0.800. The van der Waals surface area contributed by atoms with E-state index in [-0.39, 0.29) is 23.4 Å². The zero-order chi connectivity index (χ0) is 16.0. The van der Waals surface area contributed by atoms with Crippen molar-refractivity contribution in [1.29, 1.82) is 5.26 Å². The van der Waals surface area contributed by atoms with Gasteiger partial charge in [0.05, 0.1) is 17.7 Å². The van der Waals surface area contributed by atoms with E-state index in [1.54, 1.807) is 4.90 Å². The van der Waals surface area contributed by atoms with Crippen LogP contribution in [0.5, 0.6) is 0 Å². The fraction of sp³-hybridized carbons (Fsp3) is 0.889. The number of aliphatic hydroxyl groups is 1. The fourth-order valence-corrected chi connectivity index (χ4v) is 6.96. The van der Waals surface area contributed by atoms with Gasteiger partial charge in [-0.05, 0) is 74.5 Å². The Morgan fingerprint density at radius 1 is 1.22 bits per heavy atom. The molecule has 1 aliphatic heterocycles. The minimum Gasteiger partial charge on any atom is -0.390 e. The van der Waals surface area contributed by atoms with Crippen LogP contribution in [0.1, 0.15) is 51.4 Å². The topological polar surface area (TPSA) is 90.4 Å². The molecule has 23 heavy (non-hydrogen) atoms. The lowest BCUT2D eigenvalue weighted by Crippen LogP contribution is -2.64. The molecule has 6 aliphatic rings. The Morgan fingerprint density at radius 2 is 1.91 bits per heavy atom. The van der Waals surface area contributed by atoms with E-state index in [1.165, 1.54) is 6.42 Å². The lowest BCUT2D eigenvalue weighted by molar-refractivity contribution is -0.177. The minimum atomic E-state index is -0.594. The second kappa shape index (κ2) is 4.29. The molecule has 8 atom stereocenters. The summed E-state index contributed by atoms with van der Waals surface area (Å²) in [6, 6.07) is 1.72. The minimum absolute atomic E-state index is 0.0212. The lowest BCUT2D eigenvalue weighted by Gasteiger charge is -2.61. The molecule has 1 unspecified atom stereocenters. The van der Waals surface area contributed by atoms with Crippen LogP contribution < -0.4 is 5.73 Å². The molecule has 1 saturated heterocycles. The second-order valence-corrected chi connectivity index (χ2v) is 9.21. The molecule has 6 fully saturated rings. The van der Waals surface area contributed by atoms with Crippen molar-refractivity contribution in [2.45, 2.75) is 75.1 Å². The maximum atomic E-state index is 13.1. The van der Waals surface area contributed by atoms with Crippen LogP contribution in [0.25, 0.3) is 0 Å². The van der Waals surface area contributed by atoms with Gasteiger partial charge in [0.1, 0.15) is 6.04 Å². The molecule has 0 aromatic carbocycles. The van der Waals surface area contributed by atoms with Gasteiger partial charge in [-0.15, -0.1) is 0 Å². The van der Waals surface area contributed by atoms with Crippen molar-refractivity contribution >= 4 is 5.91 Å². The van der Waals surface area contributed by atoms with Gasteiger partial charge in [-0.3, -0.25) is 4.79 Å². The van der Waals surface area contributed by atoms with Crippen LogP contribution in [-0.2, 0) is 4.79 Å². The largest absolute Gasteiger partial charge is 0.390 e. The third kappa shape index (κ3) is 1.88. The van der Waals surface area contributed by atoms with Crippen molar-refractivity contribution in [2.75, 3.05) is 0 Å². The molecule has 0 aromatic rings. The molecule has 6 rings (SSSR count). The molecular formula is C18H25N3O2. The first kappa shape index (κ1) is 14.2. The third-order valence-electron chi connectivity index (χ3n) is 7.51. The summed E-state index contributed by atoms with van der Waals surface area (Å²) in [5.41, 5.74) is 5.71. The summed E-state index contributed by atoms with van der Waals surface area (Å²) < 4.78 is 0. The number of hydrogen-bond acceptors (Lipinski definition) is 4. The van der Waals surface area contributed by atoms with Gasteiger partial charge in [-0.1, -0.05) is 0 Å². The molecule has 5 nitrogen and oxygen atoms in total. The predicted molar refractivity (Wildman–Crippen MR) is 82.8 cm³/mol. The van der Waals surface area contributed by atoms with E-state index in [1.807, 2.05) is 0 Å². The van der Waals surface area contributed by atoms with Gasteiger partial charge in [0, 0.05) is 6.04 Å². The molecule has 1 heterocycles. The predicted octanol–water partition coefficient (Wildman–Crippen LogP) is 1.16. The maximum Gasteiger partial charge on any atom is 0.241 e. The standard InChI is InChI=1S/C18H25N3O2/c19-8-13-2-12-3-14(12)21(13)16(22)15(20)17-4-10-1-11(5-17)7-18(23,6-10)9-17/h10-15,23H,1-7,9,20H2/t10-,11+,12-,13?,14+,15-,17+,18-/m1/s1. The highest BCUT2D eigenvalue weighted by Gasteiger charge is 2.62. The number of nitriles is 1. The van der Waals surface area contributed by atoms with Gasteiger partial charge in [0.15, 0.2) is 0 Å². The second-order valence-electron chi connectivity index (χ2n) is 9.21. The van der Waals surface area contributed by atoms with Gasteiger partial charge in [-0.25, -0.2) is 0 Å². The number of nitrogens with two attached hydrogens (primary N) is 1. The van der Waals surface area contributed by atoms with Crippen LogP contribution in [-0.4, -0.2) is 39.6 Å². The smallest absolute Gasteiger partial charge is 0.241 e. The molecule has 4 bridgehead atoms. The molecule has 124 valence electrons. The molecule has 5 heteroatoms. The SMILES string of the molecule is N#CC1C[C@@H]2C[C@@H]2N1C(=O)[C@@H](N)[C@@]12C[C@@H]3C[C@@H](C[C@@](O)(C3)C1)C2. The van der Waals surface area contributed by atoms with E-state index in [2.05, 4.69) is 6.07 Å². The van der Waals surface area contributed by atoms with Crippen LogP contribution in [0.4, 0.5) is 0 Å². The number of likely N-dealkylation sites (tertiary alicyclic amines) is 1. The van der Waals surface area contributed by atoms with Crippen molar-refractivity contribution in [1.82, 2.24) is 4.90 Å². The maximum absolute atomic E-state index is 13.1. The van der Waals surface area contributed by atoms with Crippen LogP contribution in [0.3, 0.4) is 0 Å². The number of nitrogens with zero attached hydrogens (tertiary/aromatic N) is 2. The summed E-state index contributed by atoms with van der Waals surface area (Å²) in [4.78, 5) is 14.9. The van der Waals surface area contributed by atoms with E-state index in [0.29, 0.717) is 24.2 Å². The number of fused-ring (bicyclic) bond motifs is 1. The average molecular weight is 315 g/mol. The molecular weight excluding hydrogens is 290 g/mol. The van der Waals surface area contributed by atoms with Crippen molar-refractivity contribution in [2.24, 2.45) is 28.9 Å². The third-order valence-corrected chi connectivity index (χ3v) is 7.51. The first-order valence-electron chi connectivity index (χ1n) is 9.13. The summed E-state index contributed by atoms with van der Waals surface area (Å²) >= 11 is 0. The fourth-order valence-electron chi connectivity index (χ4n) is 6.96. The average Bonchev–Trinajstić information content (AvgIpc) is 3.14. The molecule has 0 spiro atoms. The Morgan fingerprint density at radius 3 is 2.52 bits per heavy atom. The van der Waals surface area contributed by atoms with Crippen LogP contribution in [0.15, 0.2) is 0 Å². The number of hydrogen-bond donors (Lipinski definition) is 2. The van der Waals surface area contributed by atoms with Crippen LogP contribution >= 0.6 is 0 Å². The summed E-state index contributed by atoms with van der Waals surface area (Å²) in [6.07, 6.45) is 7.48. The summed E-state index contributed by atoms with van der Waals surface area (Å²) in [6.45, 7) is 0. The first-order valence-corrected chi connectivity index (χ1v) is 9.13. The number of amides is 1. The van der Waals surface area contributed by atoms with Gasteiger partial charge in [0.2, 0.25) is 5.91 Å². The van der Waals surface area contributed by atoms with Gasteiger partial charge < -0.3 is 15.7 Å². The van der Waals surface area contributed by atoms with Crippen molar-refractivity contribution in [3.05, 3.63) is 0 Å². The van der Waals surface area contributed by atoms with Gasteiger partial charge in [-0.2, -0.15) is 5.26 Å². The summed E-state index contributed by atoms with van der Waals surface area (Å²) in [5, 5.41) is 20.2. The number of carbonyl (C=O) groups excluding carboxylic acids is 1. The first-order chi connectivity index (χ1) is 10.9. The molecule has 0 radical (unpaired) electrons. The van der Waals surface area contributed by atoms with E-state index >= 15 is 0 Å². The van der Waals surface area contributed by atoms with Crippen molar-refractivity contribution in [3.8, 4) is 6.07 Å². The highest BCUT2D eigenvalue weighted by Crippen LogP contribution is 2.63. The summed E-state index contributed by atoms with van der Waals surface area (Å²) in [5.74, 6) is 1.56. The Balaban J connectivity index is 1.43. The lowest BCUT2D eigenvalue weighted by atomic mass is 9.46. The monoisotopic (exact) mass is 315 g/mol. The van der Waals surface area contributed by atoms with E-state index < -0.39 is 11.6 Å². The molecule has 5 saturated carbocycles. The van der Waals surface area contributed by atoms with Crippen molar-refractivity contribution < 1.29 is 9.90 Å². The van der Waals surface area contributed by atoms with E-state index in [9.17, 15) is 15.2 Å². The Bertz CT molecular complexity index is 598. The molecule has 0 aromatic heterocycles. The van der Waals surface area contributed by atoms with Gasteiger partial charge in [0.25, 0.3) is 0 Å². The van der Waals surface area contributed by atoms with Crippen LogP contribution in [0.2, 0.25) is 0 Å². The zero-order valence-electron chi connectivity index (χ0n) is 13.4. The van der Waals surface area contributed by atoms with Gasteiger partial charge >= 0.3 is 0 Å². The Labute approximate surface area is 136 Å². The molecule has 1 amide bonds. The number of piperidine rings is 1. The van der Waals surface area contributed by atoms with E-state index in [4.69, 9.17) is 5.73 Å². The Hall–Kier alpha value is -1.12. The Kier molecular flexibility index (Phi) is 2.65. The van der Waals surface area contributed by atoms with Crippen LogP contribution in [0, 0.1) is 34.5 Å². The highest BCUT2D eigenvalue weighted by molar-refractivity contribution is 5.84. The summed E-state index contributed by atoms with van der Waals surface area (Å²) in [7, 11) is 0. The zero-order valence-corrected chi connectivity index (χ0v) is 13.4. The van der Waals surface area contributed by atoms with Crippen molar-refractivity contribution in [3.63, 3.8) is 0 Å². The number of carbonyl (C=O) groups is 1. The van der Waals surface area contributed by atoms with E-state index in [0.717, 1.165) is 38.5 Å². The highest BCUT2D eigenvalue weighted by atomic mass is 16.3.